The maximum atomic E-state index is 12.7. The molecule has 0 unspecified atom stereocenters. The van der Waals surface area contributed by atoms with Crippen LogP contribution in [0.1, 0.15) is 46.0 Å². The zero-order valence-corrected chi connectivity index (χ0v) is 13.6. The Labute approximate surface area is 127 Å². The van der Waals surface area contributed by atoms with Crippen LogP contribution in [0.4, 0.5) is 0 Å². The van der Waals surface area contributed by atoms with E-state index in [2.05, 4.69) is 4.90 Å². The molecule has 0 aromatic carbocycles. The summed E-state index contributed by atoms with van der Waals surface area (Å²) in [5.41, 5.74) is -0.539. The molecule has 2 aliphatic heterocycles. The predicted octanol–water partition coefficient (Wildman–Crippen LogP) is 1.66. The van der Waals surface area contributed by atoms with E-state index in [0.29, 0.717) is 19.5 Å². The van der Waals surface area contributed by atoms with E-state index in [0.717, 1.165) is 13.1 Å². The smallest absolute Gasteiger partial charge is 0.313 e. The highest BCUT2D eigenvalue weighted by atomic mass is 16.5. The van der Waals surface area contributed by atoms with Gasteiger partial charge >= 0.3 is 5.97 Å². The molecule has 0 radical (unpaired) electrons. The first-order valence-electron chi connectivity index (χ1n) is 8.09. The van der Waals surface area contributed by atoms with Crippen LogP contribution in [-0.4, -0.2) is 61.0 Å². The van der Waals surface area contributed by atoms with Crippen LogP contribution in [0.5, 0.6) is 0 Å². The lowest BCUT2D eigenvalue weighted by atomic mass is 9.90. The number of amides is 1. The van der Waals surface area contributed by atoms with Crippen LogP contribution < -0.4 is 0 Å². The molecule has 21 heavy (non-hydrogen) atoms. The molecule has 0 saturated carbocycles. The fourth-order valence-electron chi connectivity index (χ4n) is 3.47. The molecule has 2 saturated heterocycles. The van der Waals surface area contributed by atoms with Gasteiger partial charge in [0.15, 0.2) is 0 Å². The van der Waals surface area contributed by atoms with Crippen LogP contribution in [0.15, 0.2) is 0 Å². The summed E-state index contributed by atoms with van der Waals surface area (Å²) in [6.07, 6.45) is 5.58. The molecule has 2 fully saturated rings. The van der Waals surface area contributed by atoms with E-state index >= 15 is 0 Å². The van der Waals surface area contributed by atoms with Crippen molar-refractivity contribution in [1.29, 1.82) is 0 Å². The lowest BCUT2D eigenvalue weighted by Crippen LogP contribution is -2.47. The monoisotopic (exact) mass is 296 g/mol. The van der Waals surface area contributed by atoms with Crippen molar-refractivity contribution in [3.8, 4) is 0 Å². The Balaban J connectivity index is 1.95. The summed E-state index contributed by atoms with van der Waals surface area (Å²) in [6, 6.07) is -0.0805. The van der Waals surface area contributed by atoms with Crippen molar-refractivity contribution in [3.05, 3.63) is 0 Å². The third-order valence-electron chi connectivity index (χ3n) is 5.01. The number of likely N-dealkylation sites (tertiary alicyclic amines) is 2. The summed E-state index contributed by atoms with van der Waals surface area (Å²) in [6.45, 7) is 7.05. The van der Waals surface area contributed by atoms with Gasteiger partial charge in [0, 0.05) is 13.1 Å². The van der Waals surface area contributed by atoms with Crippen molar-refractivity contribution in [2.45, 2.75) is 52.0 Å². The zero-order valence-electron chi connectivity index (χ0n) is 13.6. The molecule has 0 N–H and O–H groups in total. The van der Waals surface area contributed by atoms with Gasteiger partial charge in [0.2, 0.25) is 5.91 Å². The van der Waals surface area contributed by atoms with E-state index in [-0.39, 0.29) is 17.9 Å². The lowest BCUT2D eigenvalue weighted by Gasteiger charge is -2.30. The second-order valence-corrected chi connectivity index (χ2v) is 6.69. The molecule has 2 aliphatic rings. The van der Waals surface area contributed by atoms with E-state index in [1.807, 2.05) is 18.7 Å². The summed E-state index contributed by atoms with van der Waals surface area (Å²) in [5.74, 6) is -0.0512. The molecule has 0 bridgehead atoms. The van der Waals surface area contributed by atoms with Gasteiger partial charge in [-0.05, 0) is 46.2 Å². The average molecular weight is 296 g/mol. The number of hydrogen-bond donors (Lipinski definition) is 0. The van der Waals surface area contributed by atoms with Gasteiger partial charge in [0.25, 0.3) is 0 Å². The van der Waals surface area contributed by atoms with Crippen LogP contribution in [-0.2, 0) is 14.3 Å². The van der Waals surface area contributed by atoms with Crippen LogP contribution in [0.3, 0.4) is 0 Å². The largest absolute Gasteiger partial charge is 0.469 e. The highest BCUT2D eigenvalue weighted by molar-refractivity contribution is 5.84. The molecular weight excluding hydrogens is 268 g/mol. The second-order valence-electron chi connectivity index (χ2n) is 6.69. The van der Waals surface area contributed by atoms with Gasteiger partial charge < -0.3 is 9.64 Å². The molecule has 0 aliphatic carbocycles. The number of esters is 1. The first-order valence-corrected chi connectivity index (χ1v) is 8.09. The number of rotatable bonds is 3. The molecule has 0 spiro atoms. The summed E-state index contributed by atoms with van der Waals surface area (Å²) < 4.78 is 4.87. The predicted molar refractivity (Wildman–Crippen MR) is 80.8 cm³/mol. The van der Waals surface area contributed by atoms with E-state index in [4.69, 9.17) is 4.74 Å². The van der Waals surface area contributed by atoms with Crippen molar-refractivity contribution >= 4 is 11.9 Å². The number of carbonyl (C=O) groups is 2. The van der Waals surface area contributed by atoms with Gasteiger partial charge in [-0.15, -0.1) is 0 Å². The second kappa shape index (κ2) is 6.77. The molecule has 5 nitrogen and oxygen atoms in total. The molecule has 0 aromatic rings. The van der Waals surface area contributed by atoms with Crippen LogP contribution in [0.25, 0.3) is 0 Å². The third kappa shape index (κ3) is 3.57. The van der Waals surface area contributed by atoms with Crippen molar-refractivity contribution in [1.82, 2.24) is 9.80 Å². The number of nitrogens with zero attached hydrogens (tertiary/aromatic N) is 2. The first-order chi connectivity index (χ1) is 9.98. The highest BCUT2D eigenvalue weighted by Crippen LogP contribution is 2.32. The molecule has 5 heteroatoms. The summed E-state index contributed by atoms with van der Waals surface area (Å²) in [7, 11) is 1.41. The molecule has 0 aromatic heterocycles. The third-order valence-corrected chi connectivity index (χ3v) is 5.01. The van der Waals surface area contributed by atoms with Gasteiger partial charge in [0.05, 0.1) is 18.6 Å². The van der Waals surface area contributed by atoms with Crippen molar-refractivity contribution in [2.75, 3.05) is 33.3 Å². The first kappa shape index (κ1) is 16.3. The summed E-state index contributed by atoms with van der Waals surface area (Å²) >= 11 is 0. The van der Waals surface area contributed by atoms with Crippen molar-refractivity contribution in [3.63, 3.8) is 0 Å². The van der Waals surface area contributed by atoms with Gasteiger partial charge in [-0.3, -0.25) is 14.5 Å². The fraction of sp³-hybridized carbons (Fsp3) is 0.875. The van der Waals surface area contributed by atoms with E-state index in [1.165, 1.54) is 32.8 Å². The Morgan fingerprint density at radius 1 is 1.10 bits per heavy atom. The van der Waals surface area contributed by atoms with Crippen LogP contribution in [0, 0.1) is 5.41 Å². The van der Waals surface area contributed by atoms with E-state index < -0.39 is 5.41 Å². The highest BCUT2D eigenvalue weighted by Gasteiger charge is 2.44. The van der Waals surface area contributed by atoms with Gasteiger partial charge in [0.1, 0.15) is 0 Å². The van der Waals surface area contributed by atoms with Crippen molar-refractivity contribution in [2.24, 2.45) is 5.41 Å². The SMILES string of the molecule is COC(=O)[C@@]1(C)CCN(C(=O)[C@@H](C)N2CCCCCC2)C1. The topological polar surface area (TPSA) is 49.9 Å². The normalized spacial score (nSPS) is 29.0. The Morgan fingerprint density at radius 2 is 1.71 bits per heavy atom. The Morgan fingerprint density at radius 3 is 2.29 bits per heavy atom. The number of carbonyl (C=O) groups excluding carboxylic acids is 2. The molecule has 1 amide bonds. The molecule has 120 valence electrons. The van der Waals surface area contributed by atoms with Crippen LogP contribution in [0.2, 0.25) is 0 Å². The molecule has 2 atom stereocenters. The lowest BCUT2D eigenvalue weighted by molar-refractivity contribution is -0.151. The van der Waals surface area contributed by atoms with Crippen LogP contribution >= 0.6 is 0 Å². The minimum absolute atomic E-state index is 0.0805. The van der Waals surface area contributed by atoms with Gasteiger partial charge in [-0.1, -0.05) is 12.8 Å². The maximum absolute atomic E-state index is 12.7. The summed E-state index contributed by atoms with van der Waals surface area (Å²) in [4.78, 5) is 28.7. The molecule has 2 rings (SSSR count). The van der Waals surface area contributed by atoms with Gasteiger partial charge in [-0.2, -0.15) is 0 Å². The maximum Gasteiger partial charge on any atom is 0.313 e. The van der Waals surface area contributed by atoms with E-state index in [9.17, 15) is 9.59 Å². The molecule has 2 heterocycles. The Bertz CT molecular complexity index is 391. The quantitative estimate of drug-likeness (QED) is 0.743. The Hall–Kier alpha value is -1.10. The summed E-state index contributed by atoms with van der Waals surface area (Å²) in [5, 5.41) is 0. The number of methoxy groups -OCH3 is 1. The molecular formula is C16H28N2O3. The van der Waals surface area contributed by atoms with Gasteiger partial charge in [-0.25, -0.2) is 0 Å². The number of ether oxygens (including phenoxy) is 1. The Kier molecular flexibility index (Phi) is 5.25. The fourth-order valence-corrected chi connectivity index (χ4v) is 3.47. The minimum Gasteiger partial charge on any atom is -0.469 e. The average Bonchev–Trinajstić information content (AvgIpc) is 2.72. The van der Waals surface area contributed by atoms with E-state index in [1.54, 1.807) is 0 Å². The standard InChI is InChI=1S/C16H28N2O3/c1-13(17-9-6-4-5-7-10-17)14(19)18-11-8-16(2,12-18)15(20)21-3/h13H,4-12H2,1-3H3/t13-,16+/m1/s1. The zero-order chi connectivity index (χ0) is 15.5. The number of hydrogen-bond acceptors (Lipinski definition) is 4. The minimum atomic E-state index is -0.539. The van der Waals surface area contributed by atoms with Crippen molar-refractivity contribution < 1.29 is 14.3 Å².